The van der Waals surface area contributed by atoms with Gasteiger partial charge in [-0.05, 0) is 34.9 Å². The standard InChI is InChI=1S/C10H17NS/c1-3-9(2)6-11-7-10-4-5-12-8-10/h4-5,8-9,11H,3,6-7H2,1-2H3. The van der Waals surface area contributed by atoms with Crippen molar-refractivity contribution < 1.29 is 0 Å². The van der Waals surface area contributed by atoms with Crippen LogP contribution in [0.3, 0.4) is 0 Å². The molecule has 1 rings (SSSR count). The first-order valence-electron chi connectivity index (χ1n) is 4.54. The van der Waals surface area contributed by atoms with E-state index < -0.39 is 0 Å². The molecule has 1 heterocycles. The van der Waals surface area contributed by atoms with Crippen molar-refractivity contribution in [2.24, 2.45) is 5.92 Å². The Labute approximate surface area is 78.8 Å². The molecule has 0 spiro atoms. The summed E-state index contributed by atoms with van der Waals surface area (Å²) in [5.41, 5.74) is 1.41. The second-order valence-corrected chi connectivity index (χ2v) is 4.06. The van der Waals surface area contributed by atoms with Gasteiger partial charge in [0.1, 0.15) is 0 Å². The predicted molar refractivity (Wildman–Crippen MR) is 55.5 cm³/mol. The first kappa shape index (κ1) is 9.75. The minimum Gasteiger partial charge on any atom is -0.312 e. The van der Waals surface area contributed by atoms with E-state index in [1.54, 1.807) is 11.3 Å². The molecular weight excluding hydrogens is 166 g/mol. The average Bonchev–Trinajstić information content (AvgIpc) is 2.57. The molecule has 0 aliphatic carbocycles. The molecule has 0 saturated heterocycles. The summed E-state index contributed by atoms with van der Waals surface area (Å²) < 4.78 is 0. The van der Waals surface area contributed by atoms with Crippen LogP contribution < -0.4 is 5.32 Å². The summed E-state index contributed by atoms with van der Waals surface area (Å²) in [6.45, 7) is 6.66. The van der Waals surface area contributed by atoms with Crippen molar-refractivity contribution in [1.29, 1.82) is 0 Å². The number of rotatable bonds is 5. The minimum absolute atomic E-state index is 0.795. The Morgan fingerprint density at radius 1 is 1.58 bits per heavy atom. The van der Waals surface area contributed by atoms with E-state index in [1.807, 2.05) is 0 Å². The van der Waals surface area contributed by atoms with Gasteiger partial charge in [-0.2, -0.15) is 11.3 Å². The van der Waals surface area contributed by atoms with Crippen LogP contribution in [0.15, 0.2) is 16.8 Å². The van der Waals surface area contributed by atoms with Crippen molar-refractivity contribution in [3.8, 4) is 0 Å². The minimum atomic E-state index is 0.795. The van der Waals surface area contributed by atoms with Gasteiger partial charge in [0.25, 0.3) is 0 Å². The highest BCUT2D eigenvalue weighted by Gasteiger charge is 1.97. The van der Waals surface area contributed by atoms with Crippen molar-refractivity contribution in [2.75, 3.05) is 6.54 Å². The molecule has 0 saturated carbocycles. The maximum absolute atomic E-state index is 3.45. The number of nitrogens with one attached hydrogen (secondary N) is 1. The molecule has 1 aromatic heterocycles. The SMILES string of the molecule is CCC(C)CNCc1ccsc1. The van der Waals surface area contributed by atoms with Crippen molar-refractivity contribution in [3.05, 3.63) is 22.4 Å². The molecule has 0 bridgehead atoms. The fourth-order valence-corrected chi connectivity index (χ4v) is 1.67. The third kappa shape index (κ3) is 3.37. The van der Waals surface area contributed by atoms with Gasteiger partial charge in [-0.15, -0.1) is 0 Å². The predicted octanol–water partition coefficient (Wildman–Crippen LogP) is 2.88. The molecule has 0 aliphatic heterocycles. The number of thiophene rings is 1. The highest BCUT2D eigenvalue weighted by Crippen LogP contribution is 2.05. The molecule has 1 N–H and O–H groups in total. The molecule has 0 radical (unpaired) electrons. The van der Waals surface area contributed by atoms with E-state index in [0.29, 0.717) is 0 Å². The average molecular weight is 183 g/mol. The van der Waals surface area contributed by atoms with Gasteiger partial charge in [0.2, 0.25) is 0 Å². The van der Waals surface area contributed by atoms with E-state index in [4.69, 9.17) is 0 Å². The summed E-state index contributed by atoms with van der Waals surface area (Å²) in [5.74, 6) is 0.795. The molecule has 1 atom stereocenters. The lowest BCUT2D eigenvalue weighted by molar-refractivity contribution is 0.500. The van der Waals surface area contributed by atoms with E-state index >= 15 is 0 Å². The van der Waals surface area contributed by atoms with Gasteiger partial charge in [0.15, 0.2) is 0 Å². The van der Waals surface area contributed by atoms with E-state index in [1.165, 1.54) is 12.0 Å². The lowest BCUT2D eigenvalue weighted by Crippen LogP contribution is -2.19. The van der Waals surface area contributed by atoms with Gasteiger partial charge >= 0.3 is 0 Å². The van der Waals surface area contributed by atoms with Crippen LogP contribution in [0.2, 0.25) is 0 Å². The maximum atomic E-state index is 3.45. The van der Waals surface area contributed by atoms with Crippen LogP contribution >= 0.6 is 11.3 Å². The molecular formula is C10H17NS. The Kier molecular flexibility index (Phi) is 4.33. The topological polar surface area (TPSA) is 12.0 Å². The van der Waals surface area contributed by atoms with Gasteiger partial charge in [0, 0.05) is 6.54 Å². The van der Waals surface area contributed by atoms with Crippen molar-refractivity contribution in [3.63, 3.8) is 0 Å². The van der Waals surface area contributed by atoms with Crippen LogP contribution in [-0.4, -0.2) is 6.54 Å². The first-order chi connectivity index (χ1) is 5.83. The summed E-state index contributed by atoms with van der Waals surface area (Å²) >= 11 is 1.76. The molecule has 1 aromatic rings. The van der Waals surface area contributed by atoms with Crippen LogP contribution in [0.5, 0.6) is 0 Å². The van der Waals surface area contributed by atoms with Crippen LogP contribution in [0, 0.1) is 5.92 Å². The molecule has 1 nitrogen and oxygen atoms in total. The molecule has 68 valence electrons. The Morgan fingerprint density at radius 2 is 2.42 bits per heavy atom. The Hall–Kier alpha value is -0.340. The third-order valence-electron chi connectivity index (χ3n) is 2.10. The molecule has 0 aliphatic rings. The molecule has 0 fully saturated rings. The van der Waals surface area contributed by atoms with Gasteiger partial charge in [0.05, 0.1) is 0 Å². The largest absolute Gasteiger partial charge is 0.312 e. The fourth-order valence-electron chi connectivity index (χ4n) is 1.00. The van der Waals surface area contributed by atoms with Gasteiger partial charge in [-0.25, -0.2) is 0 Å². The summed E-state index contributed by atoms with van der Waals surface area (Å²) in [5, 5.41) is 7.77. The second kappa shape index (κ2) is 5.33. The summed E-state index contributed by atoms with van der Waals surface area (Å²) in [7, 11) is 0. The monoisotopic (exact) mass is 183 g/mol. The third-order valence-corrected chi connectivity index (χ3v) is 2.83. The van der Waals surface area contributed by atoms with Gasteiger partial charge in [-0.1, -0.05) is 20.3 Å². The normalized spacial score (nSPS) is 13.2. The van der Waals surface area contributed by atoms with Crippen molar-refractivity contribution >= 4 is 11.3 Å². The number of hydrogen-bond acceptors (Lipinski definition) is 2. The van der Waals surface area contributed by atoms with Crippen molar-refractivity contribution in [1.82, 2.24) is 5.32 Å². The lowest BCUT2D eigenvalue weighted by atomic mass is 10.1. The Balaban J connectivity index is 2.11. The zero-order valence-corrected chi connectivity index (χ0v) is 8.66. The van der Waals surface area contributed by atoms with E-state index in [-0.39, 0.29) is 0 Å². The second-order valence-electron chi connectivity index (χ2n) is 3.28. The molecule has 0 aromatic carbocycles. The smallest absolute Gasteiger partial charge is 0.0213 e. The van der Waals surface area contributed by atoms with Gasteiger partial charge in [-0.3, -0.25) is 0 Å². The van der Waals surface area contributed by atoms with Crippen LogP contribution in [0.25, 0.3) is 0 Å². The van der Waals surface area contributed by atoms with Crippen LogP contribution in [-0.2, 0) is 6.54 Å². The van der Waals surface area contributed by atoms with Crippen LogP contribution in [0.1, 0.15) is 25.8 Å². The zero-order chi connectivity index (χ0) is 8.81. The summed E-state index contributed by atoms with van der Waals surface area (Å²) in [4.78, 5) is 0. The molecule has 2 heteroatoms. The maximum Gasteiger partial charge on any atom is 0.0213 e. The first-order valence-corrected chi connectivity index (χ1v) is 5.49. The number of hydrogen-bond donors (Lipinski definition) is 1. The Morgan fingerprint density at radius 3 is 3.00 bits per heavy atom. The fraction of sp³-hybridized carbons (Fsp3) is 0.600. The van der Waals surface area contributed by atoms with Crippen LogP contribution in [0.4, 0.5) is 0 Å². The molecule has 12 heavy (non-hydrogen) atoms. The van der Waals surface area contributed by atoms with E-state index in [0.717, 1.165) is 19.0 Å². The van der Waals surface area contributed by atoms with E-state index in [2.05, 4.69) is 36.0 Å². The van der Waals surface area contributed by atoms with Crippen molar-refractivity contribution in [2.45, 2.75) is 26.8 Å². The zero-order valence-electron chi connectivity index (χ0n) is 7.84. The van der Waals surface area contributed by atoms with E-state index in [9.17, 15) is 0 Å². The quantitative estimate of drug-likeness (QED) is 0.740. The molecule has 1 unspecified atom stereocenters. The molecule has 0 amide bonds. The Bertz CT molecular complexity index is 194. The highest BCUT2D eigenvalue weighted by atomic mass is 32.1. The lowest BCUT2D eigenvalue weighted by Gasteiger charge is -2.08. The summed E-state index contributed by atoms with van der Waals surface area (Å²) in [6.07, 6.45) is 1.26. The summed E-state index contributed by atoms with van der Waals surface area (Å²) in [6, 6.07) is 2.17. The van der Waals surface area contributed by atoms with Gasteiger partial charge < -0.3 is 5.32 Å². The highest BCUT2D eigenvalue weighted by molar-refractivity contribution is 7.07.